The number of carbonyl (C=O) groups is 3. The van der Waals surface area contributed by atoms with Crippen molar-refractivity contribution in [1.29, 1.82) is 0 Å². The maximum absolute atomic E-state index is 12.5. The number of hydrogen-bond acceptors (Lipinski definition) is 5. The Balaban J connectivity index is 0.000000808. The van der Waals surface area contributed by atoms with E-state index in [1.165, 1.54) is 70.6 Å². The highest BCUT2D eigenvalue weighted by Crippen LogP contribution is 2.20. The molecule has 0 bridgehead atoms. The maximum atomic E-state index is 12.5. The SMILES string of the molecule is CCCCCCCCNC(=O)[C@H]1CCCCN1.CCCCCCCCNC(=O)[C@H]1CCCCN1C(=O)OC(C)(C)C.ClCCl. The molecule has 0 aromatic heterocycles. The van der Waals surface area contributed by atoms with Crippen LogP contribution >= 0.6 is 23.2 Å². The van der Waals surface area contributed by atoms with Crippen molar-refractivity contribution in [3.63, 3.8) is 0 Å². The van der Waals surface area contributed by atoms with E-state index >= 15 is 0 Å². The molecule has 0 aliphatic carbocycles. The van der Waals surface area contributed by atoms with Crippen LogP contribution in [0.4, 0.5) is 4.79 Å². The number of halogens is 2. The standard InChI is InChI=1S/C19H36N2O3.C14H28N2O.CH2Cl2/c1-5-6-7-8-9-11-14-20-17(22)16-13-10-12-15-21(16)18(23)24-19(2,3)4;1-2-3-4-5-6-8-12-16-14(17)13-10-7-9-11-15-13;2-1-3/h16H,5-15H2,1-4H3,(H,20,22);13,15H,2-12H2,1H3,(H,16,17);1H2/t16-;13-;/m11./s1. The van der Waals surface area contributed by atoms with Crippen LogP contribution in [0.3, 0.4) is 0 Å². The lowest BCUT2D eigenvalue weighted by atomic mass is 10.0. The monoisotopic (exact) mass is 664 g/mol. The fourth-order valence-electron chi connectivity index (χ4n) is 5.29. The molecule has 0 spiro atoms. The van der Waals surface area contributed by atoms with E-state index in [1.807, 2.05) is 20.8 Å². The molecule has 2 heterocycles. The van der Waals surface area contributed by atoms with Gasteiger partial charge in [-0.3, -0.25) is 14.5 Å². The first-order valence-corrected chi connectivity index (χ1v) is 18.6. The molecular weight excluding hydrogens is 599 g/mol. The summed E-state index contributed by atoms with van der Waals surface area (Å²) in [5.41, 5.74) is -0.534. The van der Waals surface area contributed by atoms with E-state index in [1.54, 1.807) is 4.90 Å². The Morgan fingerprint density at radius 1 is 0.750 bits per heavy atom. The van der Waals surface area contributed by atoms with Gasteiger partial charge in [-0.1, -0.05) is 84.5 Å². The third-order valence-corrected chi connectivity index (χ3v) is 7.72. The first-order chi connectivity index (χ1) is 21.1. The van der Waals surface area contributed by atoms with Gasteiger partial charge in [0.15, 0.2) is 0 Å². The molecule has 10 heteroatoms. The quantitative estimate of drug-likeness (QED) is 0.114. The van der Waals surface area contributed by atoms with E-state index in [2.05, 4.69) is 29.8 Å². The second-order valence-electron chi connectivity index (χ2n) is 12.9. The van der Waals surface area contributed by atoms with Crippen LogP contribution in [0, 0.1) is 0 Å². The molecule has 2 atom stereocenters. The molecule has 0 radical (unpaired) electrons. The van der Waals surface area contributed by atoms with Crippen molar-refractivity contribution in [2.45, 2.75) is 168 Å². The summed E-state index contributed by atoms with van der Waals surface area (Å²) >= 11 is 9.53. The van der Waals surface area contributed by atoms with Gasteiger partial charge in [-0.25, -0.2) is 4.79 Å². The van der Waals surface area contributed by atoms with Crippen molar-refractivity contribution in [3.8, 4) is 0 Å². The van der Waals surface area contributed by atoms with Crippen LogP contribution in [-0.2, 0) is 14.3 Å². The summed E-state index contributed by atoms with van der Waals surface area (Å²) in [6.45, 7) is 13.1. The van der Waals surface area contributed by atoms with Gasteiger partial charge in [0.25, 0.3) is 0 Å². The van der Waals surface area contributed by atoms with Crippen molar-refractivity contribution in [2.75, 3.05) is 31.5 Å². The third kappa shape index (κ3) is 23.1. The van der Waals surface area contributed by atoms with Crippen LogP contribution in [0.5, 0.6) is 0 Å². The number of amides is 3. The lowest BCUT2D eigenvalue weighted by molar-refractivity contribution is -0.127. The Labute approximate surface area is 279 Å². The Morgan fingerprint density at radius 3 is 1.75 bits per heavy atom. The molecule has 260 valence electrons. The number of alkyl halides is 2. The van der Waals surface area contributed by atoms with Crippen molar-refractivity contribution in [1.82, 2.24) is 20.9 Å². The van der Waals surface area contributed by atoms with Gasteiger partial charge in [0.2, 0.25) is 11.8 Å². The molecule has 2 fully saturated rings. The van der Waals surface area contributed by atoms with Gasteiger partial charge in [0.05, 0.1) is 11.4 Å². The maximum Gasteiger partial charge on any atom is 0.410 e. The minimum absolute atomic E-state index is 0.0332. The normalized spacial score (nSPS) is 18.2. The molecule has 0 aromatic carbocycles. The highest BCUT2D eigenvalue weighted by Gasteiger charge is 2.34. The Morgan fingerprint density at radius 2 is 1.25 bits per heavy atom. The van der Waals surface area contributed by atoms with Crippen molar-refractivity contribution in [2.24, 2.45) is 0 Å². The molecule has 0 saturated carbocycles. The van der Waals surface area contributed by atoms with Crippen LogP contribution < -0.4 is 16.0 Å². The van der Waals surface area contributed by atoms with Crippen molar-refractivity contribution >= 4 is 41.1 Å². The Kier molecular flexibility index (Phi) is 27.2. The summed E-state index contributed by atoms with van der Waals surface area (Å²) in [7, 11) is 0. The average Bonchev–Trinajstić information content (AvgIpc) is 3.00. The molecule has 2 aliphatic rings. The van der Waals surface area contributed by atoms with Gasteiger partial charge in [-0.2, -0.15) is 0 Å². The van der Waals surface area contributed by atoms with Gasteiger partial charge in [0, 0.05) is 19.6 Å². The topological polar surface area (TPSA) is 99.8 Å². The van der Waals surface area contributed by atoms with Crippen LogP contribution in [0.25, 0.3) is 0 Å². The van der Waals surface area contributed by atoms with E-state index in [0.29, 0.717) is 13.1 Å². The number of carbonyl (C=O) groups excluding carboxylic acids is 3. The van der Waals surface area contributed by atoms with Gasteiger partial charge in [0.1, 0.15) is 11.6 Å². The van der Waals surface area contributed by atoms with E-state index < -0.39 is 5.60 Å². The summed E-state index contributed by atoms with van der Waals surface area (Å²) in [4.78, 5) is 38.1. The fraction of sp³-hybridized carbons (Fsp3) is 0.912. The summed E-state index contributed by atoms with van der Waals surface area (Å²) in [5, 5.41) is 9.51. The molecule has 3 amide bonds. The van der Waals surface area contributed by atoms with Gasteiger partial charge in [-0.05, 0) is 72.3 Å². The highest BCUT2D eigenvalue weighted by atomic mass is 35.5. The van der Waals surface area contributed by atoms with E-state index in [-0.39, 0.29) is 35.3 Å². The zero-order valence-corrected chi connectivity index (χ0v) is 30.3. The fourth-order valence-corrected chi connectivity index (χ4v) is 5.29. The first-order valence-electron chi connectivity index (χ1n) is 17.5. The zero-order chi connectivity index (χ0) is 33.1. The van der Waals surface area contributed by atoms with E-state index in [0.717, 1.165) is 58.0 Å². The predicted molar refractivity (Wildman–Crippen MR) is 186 cm³/mol. The lowest BCUT2D eigenvalue weighted by Gasteiger charge is -2.35. The number of piperidine rings is 2. The molecule has 0 unspecified atom stereocenters. The molecule has 44 heavy (non-hydrogen) atoms. The van der Waals surface area contributed by atoms with Crippen molar-refractivity contribution < 1.29 is 19.1 Å². The van der Waals surface area contributed by atoms with Crippen LogP contribution in [0.1, 0.15) is 150 Å². The second kappa shape index (κ2) is 28.0. The number of nitrogens with one attached hydrogen (secondary N) is 3. The summed E-state index contributed by atoms with van der Waals surface area (Å²) in [5.74, 6) is 0.173. The minimum atomic E-state index is -0.534. The average molecular weight is 666 g/mol. The Bertz CT molecular complexity index is 731. The Hall–Kier alpha value is -1.25. The molecule has 8 nitrogen and oxygen atoms in total. The minimum Gasteiger partial charge on any atom is -0.444 e. The smallest absolute Gasteiger partial charge is 0.410 e. The lowest BCUT2D eigenvalue weighted by Crippen LogP contribution is -2.53. The number of nitrogens with zero attached hydrogens (tertiary/aromatic N) is 1. The van der Waals surface area contributed by atoms with Crippen LogP contribution in [0.2, 0.25) is 0 Å². The number of likely N-dealkylation sites (tertiary alicyclic amines) is 1. The van der Waals surface area contributed by atoms with Gasteiger partial charge >= 0.3 is 6.09 Å². The highest BCUT2D eigenvalue weighted by molar-refractivity contribution is 6.40. The number of ether oxygens (including phenoxy) is 1. The van der Waals surface area contributed by atoms with Crippen LogP contribution in [-0.4, -0.2) is 72.0 Å². The predicted octanol–water partition coefficient (Wildman–Crippen LogP) is 8.28. The number of unbranched alkanes of at least 4 members (excludes halogenated alkanes) is 10. The van der Waals surface area contributed by atoms with E-state index in [9.17, 15) is 14.4 Å². The van der Waals surface area contributed by atoms with Crippen molar-refractivity contribution in [3.05, 3.63) is 0 Å². The molecular formula is C34H66Cl2N4O4. The summed E-state index contributed by atoms with van der Waals surface area (Å²) in [6.07, 6.45) is 20.5. The first kappa shape index (κ1) is 42.8. The van der Waals surface area contributed by atoms with Gasteiger partial charge in [-0.15, -0.1) is 23.2 Å². The van der Waals surface area contributed by atoms with Crippen LogP contribution in [0.15, 0.2) is 0 Å². The zero-order valence-electron chi connectivity index (χ0n) is 28.8. The number of rotatable bonds is 16. The summed E-state index contributed by atoms with van der Waals surface area (Å²) in [6, 6.07) is -0.308. The third-order valence-electron chi connectivity index (χ3n) is 7.72. The largest absolute Gasteiger partial charge is 0.444 e. The molecule has 0 aromatic rings. The van der Waals surface area contributed by atoms with E-state index in [4.69, 9.17) is 27.9 Å². The molecule has 2 saturated heterocycles. The number of hydrogen-bond donors (Lipinski definition) is 3. The molecule has 2 rings (SSSR count). The van der Waals surface area contributed by atoms with Gasteiger partial charge < -0.3 is 20.7 Å². The molecule has 3 N–H and O–H groups in total. The summed E-state index contributed by atoms with van der Waals surface area (Å²) < 4.78 is 5.45. The molecule has 2 aliphatic heterocycles. The second-order valence-corrected chi connectivity index (χ2v) is 13.7.